The second-order valence-electron chi connectivity index (χ2n) is 4.19. The standard InChI is InChI=1S/C13H11Cl2N3O2S/c1-6-5-21-11(10(6)15)13(19)17-9-4-7(14)2-3-8(9)12(16)18-20/h2-5,20H,1H3,(H2,16,18)(H,17,19). The Hall–Kier alpha value is -1.76. The van der Waals surface area contributed by atoms with Crippen LogP contribution in [0.5, 0.6) is 0 Å². The highest BCUT2D eigenvalue weighted by Crippen LogP contribution is 2.29. The highest BCUT2D eigenvalue weighted by Gasteiger charge is 2.17. The van der Waals surface area contributed by atoms with Crippen molar-refractivity contribution >= 4 is 52.0 Å². The maximum absolute atomic E-state index is 12.3. The third-order valence-corrected chi connectivity index (χ3v) is 4.65. The zero-order chi connectivity index (χ0) is 15.6. The molecule has 0 saturated heterocycles. The number of hydrogen-bond donors (Lipinski definition) is 3. The van der Waals surface area contributed by atoms with Gasteiger partial charge in [-0.1, -0.05) is 28.4 Å². The molecule has 0 spiro atoms. The van der Waals surface area contributed by atoms with Gasteiger partial charge in [0.1, 0.15) is 4.88 Å². The van der Waals surface area contributed by atoms with Crippen molar-refractivity contribution in [3.8, 4) is 0 Å². The molecule has 8 heteroatoms. The van der Waals surface area contributed by atoms with Gasteiger partial charge in [0.25, 0.3) is 5.91 Å². The summed E-state index contributed by atoms with van der Waals surface area (Å²) >= 11 is 13.2. The van der Waals surface area contributed by atoms with Crippen LogP contribution in [-0.2, 0) is 0 Å². The fourth-order valence-electron chi connectivity index (χ4n) is 1.66. The molecule has 21 heavy (non-hydrogen) atoms. The Bertz CT molecular complexity index is 728. The number of rotatable bonds is 3. The molecule has 2 rings (SSSR count). The van der Waals surface area contributed by atoms with Gasteiger partial charge >= 0.3 is 0 Å². The Morgan fingerprint density at radius 1 is 1.43 bits per heavy atom. The van der Waals surface area contributed by atoms with E-state index in [0.717, 1.165) is 5.56 Å². The fraction of sp³-hybridized carbons (Fsp3) is 0.0769. The van der Waals surface area contributed by atoms with Gasteiger partial charge in [-0.3, -0.25) is 4.79 Å². The molecule has 1 aromatic heterocycles. The van der Waals surface area contributed by atoms with Gasteiger partial charge in [-0.05, 0) is 36.1 Å². The van der Waals surface area contributed by atoms with Crippen LogP contribution in [0.1, 0.15) is 20.8 Å². The van der Waals surface area contributed by atoms with E-state index in [1.165, 1.54) is 17.4 Å². The number of thiophene rings is 1. The molecule has 0 fully saturated rings. The van der Waals surface area contributed by atoms with Crippen LogP contribution in [0.3, 0.4) is 0 Å². The highest BCUT2D eigenvalue weighted by molar-refractivity contribution is 7.13. The molecule has 1 aromatic carbocycles. The van der Waals surface area contributed by atoms with Crippen molar-refractivity contribution in [1.29, 1.82) is 0 Å². The normalized spacial score (nSPS) is 11.5. The molecule has 110 valence electrons. The van der Waals surface area contributed by atoms with E-state index in [2.05, 4.69) is 10.5 Å². The first kappa shape index (κ1) is 15.6. The molecule has 0 aliphatic heterocycles. The minimum absolute atomic E-state index is 0.129. The molecule has 1 amide bonds. The predicted molar refractivity (Wildman–Crippen MR) is 86.0 cm³/mol. The Labute approximate surface area is 135 Å². The number of aryl methyl sites for hydroxylation is 1. The van der Waals surface area contributed by atoms with E-state index in [4.69, 9.17) is 34.1 Å². The van der Waals surface area contributed by atoms with Gasteiger partial charge in [0, 0.05) is 10.6 Å². The molecule has 0 saturated carbocycles. The monoisotopic (exact) mass is 343 g/mol. The van der Waals surface area contributed by atoms with Crippen LogP contribution in [-0.4, -0.2) is 17.0 Å². The SMILES string of the molecule is Cc1csc(C(=O)Nc2cc(Cl)ccc2/C(N)=N/O)c1Cl. The van der Waals surface area contributed by atoms with Crippen LogP contribution in [0.25, 0.3) is 0 Å². The number of amidine groups is 1. The average molecular weight is 344 g/mol. The Kier molecular flexibility index (Phi) is 4.72. The molecule has 5 nitrogen and oxygen atoms in total. The van der Waals surface area contributed by atoms with Crippen LogP contribution in [0.2, 0.25) is 10.0 Å². The number of nitrogens with two attached hydrogens (primary N) is 1. The zero-order valence-corrected chi connectivity index (χ0v) is 13.2. The van der Waals surface area contributed by atoms with Crippen molar-refractivity contribution in [3.05, 3.63) is 49.6 Å². The summed E-state index contributed by atoms with van der Waals surface area (Å²) in [6, 6.07) is 4.64. The van der Waals surface area contributed by atoms with Crippen molar-refractivity contribution in [2.45, 2.75) is 6.92 Å². The average Bonchev–Trinajstić information content (AvgIpc) is 2.78. The summed E-state index contributed by atoms with van der Waals surface area (Å²) in [7, 11) is 0. The first-order valence-electron chi connectivity index (χ1n) is 5.76. The van der Waals surface area contributed by atoms with Gasteiger partial charge in [-0.25, -0.2) is 0 Å². The lowest BCUT2D eigenvalue weighted by molar-refractivity contribution is 0.103. The number of oxime groups is 1. The summed E-state index contributed by atoms with van der Waals surface area (Å²) in [5, 5.41) is 17.0. The maximum Gasteiger partial charge on any atom is 0.267 e. The molecule has 0 radical (unpaired) electrons. The van der Waals surface area contributed by atoms with E-state index in [-0.39, 0.29) is 11.7 Å². The molecule has 0 aliphatic rings. The smallest absolute Gasteiger partial charge is 0.267 e. The molecule has 0 atom stereocenters. The van der Waals surface area contributed by atoms with E-state index in [1.807, 2.05) is 6.92 Å². The molecular formula is C13H11Cl2N3O2S. The van der Waals surface area contributed by atoms with E-state index < -0.39 is 0 Å². The lowest BCUT2D eigenvalue weighted by atomic mass is 10.1. The van der Waals surface area contributed by atoms with Crippen molar-refractivity contribution in [2.24, 2.45) is 10.9 Å². The van der Waals surface area contributed by atoms with Crippen molar-refractivity contribution in [2.75, 3.05) is 5.32 Å². The van der Waals surface area contributed by atoms with Crippen molar-refractivity contribution < 1.29 is 10.0 Å². The molecular weight excluding hydrogens is 333 g/mol. The second kappa shape index (κ2) is 6.34. The maximum atomic E-state index is 12.3. The van der Waals surface area contributed by atoms with Crippen LogP contribution < -0.4 is 11.1 Å². The quantitative estimate of drug-likeness (QED) is 0.343. The number of nitrogens with one attached hydrogen (secondary N) is 1. The molecule has 1 heterocycles. The van der Waals surface area contributed by atoms with Crippen molar-refractivity contribution in [3.63, 3.8) is 0 Å². The van der Waals surface area contributed by atoms with Crippen LogP contribution in [0, 0.1) is 6.92 Å². The number of hydrogen-bond acceptors (Lipinski definition) is 4. The largest absolute Gasteiger partial charge is 0.409 e. The van der Waals surface area contributed by atoms with Crippen molar-refractivity contribution in [1.82, 2.24) is 0 Å². The molecule has 0 aliphatic carbocycles. The molecule has 0 unspecified atom stereocenters. The van der Waals surface area contributed by atoms with E-state index in [0.29, 0.717) is 26.2 Å². The number of nitrogens with zero attached hydrogens (tertiary/aromatic N) is 1. The molecule has 4 N–H and O–H groups in total. The third kappa shape index (κ3) is 3.29. The summed E-state index contributed by atoms with van der Waals surface area (Å²) in [5.41, 5.74) is 7.10. The summed E-state index contributed by atoms with van der Waals surface area (Å²) in [5.74, 6) is -0.511. The highest BCUT2D eigenvalue weighted by atomic mass is 35.5. The lowest BCUT2D eigenvalue weighted by Crippen LogP contribution is -2.19. The van der Waals surface area contributed by atoms with Crippen LogP contribution in [0.15, 0.2) is 28.7 Å². The number of benzene rings is 1. The van der Waals surface area contributed by atoms with Gasteiger partial charge in [0.05, 0.1) is 10.7 Å². The van der Waals surface area contributed by atoms with Crippen LogP contribution in [0.4, 0.5) is 5.69 Å². The lowest BCUT2D eigenvalue weighted by Gasteiger charge is -2.10. The topological polar surface area (TPSA) is 87.7 Å². The number of anilines is 1. The summed E-state index contributed by atoms with van der Waals surface area (Å²) in [6.45, 7) is 1.82. The number of carbonyl (C=O) groups excluding carboxylic acids is 1. The van der Waals surface area contributed by atoms with Gasteiger partial charge in [0.15, 0.2) is 5.84 Å². The zero-order valence-electron chi connectivity index (χ0n) is 10.9. The van der Waals surface area contributed by atoms with Gasteiger partial charge in [-0.15, -0.1) is 11.3 Å². The first-order chi connectivity index (χ1) is 9.93. The molecule has 0 bridgehead atoms. The van der Waals surface area contributed by atoms with E-state index in [1.54, 1.807) is 17.5 Å². The van der Waals surface area contributed by atoms with Gasteiger partial charge in [0.2, 0.25) is 0 Å². The number of amides is 1. The first-order valence-corrected chi connectivity index (χ1v) is 7.40. The Morgan fingerprint density at radius 2 is 2.14 bits per heavy atom. The minimum atomic E-state index is -0.382. The number of carbonyl (C=O) groups is 1. The van der Waals surface area contributed by atoms with Gasteiger partial charge < -0.3 is 16.3 Å². The Morgan fingerprint density at radius 3 is 2.71 bits per heavy atom. The van der Waals surface area contributed by atoms with E-state index >= 15 is 0 Å². The summed E-state index contributed by atoms with van der Waals surface area (Å²) in [6.07, 6.45) is 0. The fourth-order valence-corrected chi connectivity index (χ4v) is 3.01. The van der Waals surface area contributed by atoms with Crippen LogP contribution >= 0.6 is 34.5 Å². The minimum Gasteiger partial charge on any atom is -0.409 e. The molecule has 2 aromatic rings. The van der Waals surface area contributed by atoms with Gasteiger partial charge in [-0.2, -0.15) is 0 Å². The Balaban J connectivity index is 2.37. The third-order valence-electron chi connectivity index (χ3n) is 2.72. The van der Waals surface area contributed by atoms with E-state index in [9.17, 15) is 4.79 Å². The number of halogens is 2. The summed E-state index contributed by atoms with van der Waals surface area (Å²) < 4.78 is 0. The predicted octanol–water partition coefficient (Wildman–Crippen LogP) is 3.71. The second-order valence-corrected chi connectivity index (χ2v) is 5.89. The summed E-state index contributed by atoms with van der Waals surface area (Å²) in [4.78, 5) is 12.6.